The summed E-state index contributed by atoms with van der Waals surface area (Å²) in [5.74, 6) is 0.0490. The first-order chi connectivity index (χ1) is 8.49. The maximum atomic E-state index is 11.3. The van der Waals surface area contributed by atoms with Crippen LogP contribution >= 0.6 is 11.6 Å². The number of nitrogens with zero attached hydrogens (tertiary/aromatic N) is 3. The summed E-state index contributed by atoms with van der Waals surface area (Å²) < 4.78 is 0. The number of rotatable bonds is 3. The van der Waals surface area contributed by atoms with Gasteiger partial charge in [-0.15, -0.1) is 0 Å². The highest BCUT2D eigenvalue weighted by Gasteiger charge is 2.30. The number of aromatic nitrogens is 2. The standard InChI is InChI=1S/C10H14ClN5O2/c11-10-14-5(8(12)17)4-7(15-10)16-3-1-2-6(16)9(13)18/h4,6,8,17H,1-3,12H2,(H2,13,18)/t6-,8?/m0/s1. The molecule has 0 radical (unpaired) electrons. The van der Waals surface area contributed by atoms with E-state index in [4.69, 9.17) is 23.1 Å². The first kappa shape index (κ1) is 13.0. The van der Waals surface area contributed by atoms with Gasteiger partial charge in [0.25, 0.3) is 0 Å². The fraction of sp³-hybridized carbons (Fsp3) is 0.500. The summed E-state index contributed by atoms with van der Waals surface area (Å²) in [6.45, 7) is 0.654. The third-order valence-corrected chi connectivity index (χ3v) is 3.05. The molecule has 2 atom stereocenters. The van der Waals surface area contributed by atoms with Crippen LogP contribution in [0.4, 0.5) is 5.82 Å². The van der Waals surface area contributed by atoms with Crippen LogP contribution in [-0.4, -0.2) is 33.6 Å². The largest absolute Gasteiger partial charge is 0.373 e. The van der Waals surface area contributed by atoms with E-state index in [1.807, 2.05) is 0 Å². The van der Waals surface area contributed by atoms with E-state index >= 15 is 0 Å². The molecule has 1 saturated heterocycles. The van der Waals surface area contributed by atoms with E-state index in [1.165, 1.54) is 6.07 Å². The molecule has 1 amide bonds. The van der Waals surface area contributed by atoms with Crippen molar-refractivity contribution in [3.05, 3.63) is 17.0 Å². The van der Waals surface area contributed by atoms with Gasteiger partial charge in [0.15, 0.2) is 0 Å². The molecule has 1 fully saturated rings. The van der Waals surface area contributed by atoms with Crippen LogP contribution in [0.5, 0.6) is 0 Å². The monoisotopic (exact) mass is 271 g/mol. The van der Waals surface area contributed by atoms with Crippen LogP contribution in [0.2, 0.25) is 5.28 Å². The van der Waals surface area contributed by atoms with E-state index in [0.717, 1.165) is 6.42 Å². The molecule has 1 aliphatic heterocycles. The van der Waals surface area contributed by atoms with Gasteiger partial charge in [-0.1, -0.05) is 0 Å². The van der Waals surface area contributed by atoms with Crippen molar-refractivity contribution in [2.45, 2.75) is 25.1 Å². The van der Waals surface area contributed by atoms with Crippen molar-refractivity contribution in [1.82, 2.24) is 9.97 Å². The lowest BCUT2D eigenvalue weighted by Gasteiger charge is -2.23. The molecule has 18 heavy (non-hydrogen) atoms. The Morgan fingerprint density at radius 2 is 2.33 bits per heavy atom. The lowest BCUT2D eigenvalue weighted by Crippen LogP contribution is -2.40. The van der Waals surface area contributed by atoms with Gasteiger partial charge in [0.05, 0.1) is 5.69 Å². The zero-order chi connectivity index (χ0) is 13.3. The minimum absolute atomic E-state index is 0.0258. The topological polar surface area (TPSA) is 118 Å². The van der Waals surface area contributed by atoms with Gasteiger partial charge in [-0.3, -0.25) is 4.79 Å². The minimum atomic E-state index is -1.24. The summed E-state index contributed by atoms with van der Waals surface area (Å²) in [5, 5.41) is 9.28. The van der Waals surface area contributed by atoms with Crippen molar-refractivity contribution < 1.29 is 9.90 Å². The van der Waals surface area contributed by atoms with Crippen molar-refractivity contribution in [3.63, 3.8) is 0 Å². The molecule has 2 heterocycles. The molecule has 1 aromatic heterocycles. The average Bonchev–Trinajstić information content (AvgIpc) is 2.76. The maximum Gasteiger partial charge on any atom is 0.240 e. The van der Waals surface area contributed by atoms with Crippen LogP contribution in [0.3, 0.4) is 0 Å². The third-order valence-electron chi connectivity index (χ3n) is 2.88. The Hall–Kier alpha value is -1.44. The number of nitrogens with two attached hydrogens (primary N) is 2. The molecular formula is C10H14ClN5O2. The molecule has 0 aromatic carbocycles. The van der Waals surface area contributed by atoms with E-state index in [2.05, 4.69) is 9.97 Å². The van der Waals surface area contributed by atoms with E-state index in [0.29, 0.717) is 18.8 Å². The lowest BCUT2D eigenvalue weighted by atomic mass is 10.2. The lowest BCUT2D eigenvalue weighted by molar-refractivity contribution is -0.119. The van der Waals surface area contributed by atoms with Crippen molar-refractivity contribution in [3.8, 4) is 0 Å². The number of halogens is 1. The fourth-order valence-electron chi connectivity index (χ4n) is 2.06. The Kier molecular flexibility index (Phi) is 3.65. The predicted octanol–water partition coefficient (Wildman–Crippen LogP) is -0.466. The number of aliphatic hydroxyl groups is 1. The Balaban J connectivity index is 2.35. The van der Waals surface area contributed by atoms with Crippen molar-refractivity contribution in [2.75, 3.05) is 11.4 Å². The molecule has 1 aromatic rings. The zero-order valence-corrected chi connectivity index (χ0v) is 10.3. The molecule has 0 aliphatic carbocycles. The first-order valence-corrected chi connectivity index (χ1v) is 5.91. The van der Waals surface area contributed by atoms with Crippen LogP contribution in [0.15, 0.2) is 6.07 Å². The van der Waals surface area contributed by atoms with Gasteiger partial charge in [-0.05, 0) is 24.4 Å². The van der Waals surface area contributed by atoms with Crippen molar-refractivity contribution >= 4 is 23.3 Å². The van der Waals surface area contributed by atoms with E-state index in [1.54, 1.807) is 4.90 Å². The molecule has 1 aliphatic rings. The SMILES string of the molecule is NC(=O)[C@@H]1CCCN1c1cc(C(N)O)nc(Cl)n1. The number of hydrogen-bond acceptors (Lipinski definition) is 6. The molecule has 8 heteroatoms. The maximum absolute atomic E-state index is 11.3. The smallest absolute Gasteiger partial charge is 0.240 e. The van der Waals surface area contributed by atoms with Gasteiger partial charge in [0.1, 0.15) is 18.1 Å². The Morgan fingerprint density at radius 3 is 2.94 bits per heavy atom. The predicted molar refractivity (Wildman–Crippen MR) is 65.8 cm³/mol. The molecule has 7 nitrogen and oxygen atoms in total. The normalized spacial score (nSPS) is 21.1. The summed E-state index contributed by atoms with van der Waals surface area (Å²) in [6.07, 6.45) is 0.284. The Labute approximate surface area is 109 Å². The molecule has 0 bridgehead atoms. The summed E-state index contributed by atoms with van der Waals surface area (Å²) in [5.41, 5.74) is 10.9. The Bertz CT molecular complexity index is 468. The van der Waals surface area contributed by atoms with Gasteiger partial charge in [-0.25, -0.2) is 9.97 Å². The molecule has 98 valence electrons. The zero-order valence-electron chi connectivity index (χ0n) is 9.58. The van der Waals surface area contributed by atoms with Crippen molar-refractivity contribution in [1.29, 1.82) is 0 Å². The summed E-state index contributed by atoms with van der Waals surface area (Å²) in [7, 11) is 0. The first-order valence-electron chi connectivity index (χ1n) is 5.53. The van der Waals surface area contributed by atoms with E-state index in [9.17, 15) is 9.90 Å². The van der Waals surface area contributed by atoms with Crippen LogP contribution in [0.25, 0.3) is 0 Å². The van der Waals surface area contributed by atoms with Gasteiger partial charge in [-0.2, -0.15) is 0 Å². The van der Waals surface area contributed by atoms with Crippen LogP contribution < -0.4 is 16.4 Å². The van der Waals surface area contributed by atoms with Gasteiger partial charge in [0, 0.05) is 12.6 Å². The highest BCUT2D eigenvalue weighted by atomic mass is 35.5. The second-order valence-corrected chi connectivity index (χ2v) is 4.46. The van der Waals surface area contributed by atoms with Gasteiger partial charge < -0.3 is 21.5 Å². The quantitative estimate of drug-likeness (QED) is 0.505. The fourth-order valence-corrected chi connectivity index (χ4v) is 2.24. The minimum Gasteiger partial charge on any atom is -0.373 e. The number of anilines is 1. The van der Waals surface area contributed by atoms with Crippen LogP contribution in [-0.2, 0) is 4.79 Å². The molecule has 0 spiro atoms. The molecule has 5 N–H and O–H groups in total. The van der Waals surface area contributed by atoms with Gasteiger partial charge >= 0.3 is 0 Å². The number of amides is 1. The number of primary amides is 1. The highest BCUT2D eigenvalue weighted by Crippen LogP contribution is 2.26. The number of carbonyl (C=O) groups excluding carboxylic acids is 1. The Morgan fingerprint density at radius 1 is 1.61 bits per heavy atom. The number of aliphatic hydroxyl groups excluding tert-OH is 1. The second-order valence-electron chi connectivity index (χ2n) is 4.12. The van der Waals surface area contributed by atoms with E-state index in [-0.39, 0.29) is 11.0 Å². The van der Waals surface area contributed by atoms with E-state index < -0.39 is 18.2 Å². The molecule has 2 rings (SSSR count). The number of carbonyl (C=O) groups is 1. The van der Waals surface area contributed by atoms with Crippen LogP contribution in [0.1, 0.15) is 24.8 Å². The molecule has 0 saturated carbocycles. The summed E-state index contributed by atoms with van der Waals surface area (Å²) in [4.78, 5) is 20.9. The van der Waals surface area contributed by atoms with Crippen LogP contribution in [0, 0.1) is 0 Å². The van der Waals surface area contributed by atoms with Crippen molar-refractivity contribution in [2.24, 2.45) is 11.5 Å². The molecular weight excluding hydrogens is 258 g/mol. The summed E-state index contributed by atoms with van der Waals surface area (Å²) >= 11 is 5.77. The average molecular weight is 272 g/mol. The highest BCUT2D eigenvalue weighted by molar-refractivity contribution is 6.28. The number of hydrogen-bond donors (Lipinski definition) is 3. The van der Waals surface area contributed by atoms with Gasteiger partial charge in [0.2, 0.25) is 11.2 Å². The molecule has 1 unspecified atom stereocenters. The second kappa shape index (κ2) is 5.05. The third kappa shape index (κ3) is 2.53. The summed E-state index contributed by atoms with van der Waals surface area (Å²) in [6, 6.07) is 1.11.